The van der Waals surface area contributed by atoms with Crippen molar-refractivity contribution in [1.82, 2.24) is 0 Å². The van der Waals surface area contributed by atoms with Crippen molar-refractivity contribution in [3.05, 3.63) is 59.4 Å². The van der Waals surface area contributed by atoms with E-state index in [9.17, 15) is 4.39 Å². The lowest BCUT2D eigenvalue weighted by Gasteiger charge is -2.08. The van der Waals surface area contributed by atoms with Gasteiger partial charge in [-0.15, -0.1) is 0 Å². The lowest BCUT2D eigenvalue weighted by molar-refractivity contribution is 0.303. The molecule has 0 saturated carbocycles. The first-order chi connectivity index (χ1) is 10.2. The van der Waals surface area contributed by atoms with Crippen LogP contribution in [0.3, 0.4) is 0 Å². The fourth-order valence-electron chi connectivity index (χ4n) is 1.81. The van der Waals surface area contributed by atoms with Crippen molar-refractivity contribution < 1.29 is 19.0 Å². The van der Waals surface area contributed by atoms with Crippen molar-refractivity contribution in [3.8, 4) is 23.3 Å². The van der Waals surface area contributed by atoms with Gasteiger partial charge >= 0.3 is 0 Å². The molecule has 0 saturated heterocycles. The van der Waals surface area contributed by atoms with E-state index in [0.717, 1.165) is 0 Å². The van der Waals surface area contributed by atoms with Gasteiger partial charge in [-0.25, -0.2) is 4.39 Å². The van der Waals surface area contributed by atoms with E-state index in [1.165, 1.54) is 12.1 Å². The molecular weight excluding hydrogens is 271 g/mol. The molecular formula is C17H15FO3. The van der Waals surface area contributed by atoms with E-state index >= 15 is 0 Å². The van der Waals surface area contributed by atoms with Gasteiger partial charge in [0, 0.05) is 11.6 Å². The van der Waals surface area contributed by atoms with Gasteiger partial charge in [-0.05, 0) is 35.9 Å². The van der Waals surface area contributed by atoms with Gasteiger partial charge in [0.25, 0.3) is 0 Å². The molecule has 2 rings (SSSR count). The van der Waals surface area contributed by atoms with Crippen LogP contribution in [0.5, 0.6) is 11.5 Å². The Labute approximate surface area is 122 Å². The normalized spacial score (nSPS) is 9.67. The van der Waals surface area contributed by atoms with Gasteiger partial charge in [-0.3, -0.25) is 0 Å². The summed E-state index contributed by atoms with van der Waals surface area (Å²) in [6, 6.07) is 11.6. The Kier molecular flexibility index (Phi) is 5.19. The first kappa shape index (κ1) is 14.9. The Morgan fingerprint density at radius 2 is 1.95 bits per heavy atom. The molecule has 0 bridgehead atoms. The van der Waals surface area contributed by atoms with Crippen molar-refractivity contribution in [2.24, 2.45) is 0 Å². The summed E-state index contributed by atoms with van der Waals surface area (Å²) in [7, 11) is 1.58. The third-order valence-electron chi connectivity index (χ3n) is 2.72. The molecule has 1 N–H and O–H groups in total. The molecule has 0 radical (unpaired) electrons. The molecule has 0 aliphatic heterocycles. The average Bonchev–Trinajstić information content (AvgIpc) is 2.50. The van der Waals surface area contributed by atoms with E-state index in [-0.39, 0.29) is 19.0 Å². The lowest BCUT2D eigenvalue weighted by Crippen LogP contribution is -1.97. The quantitative estimate of drug-likeness (QED) is 0.878. The van der Waals surface area contributed by atoms with Gasteiger partial charge in [-0.2, -0.15) is 0 Å². The molecule has 2 aromatic carbocycles. The number of ether oxygens (including phenoxy) is 2. The number of hydrogen-bond acceptors (Lipinski definition) is 3. The van der Waals surface area contributed by atoms with Crippen LogP contribution in [-0.2, 0) is 6.61 Å². The molecule has 0 amide bonds. The van der Waals surface area contributed by atoms with Crippen LogP contribution in [0, 0.1) is 17.7 Å². The number of hydrogen-bond donors (Lipinski definition) is 1. The second kappa shape index (κ2) is 7.32. The fraction of sp³-hybridized carbons (Fsp3) is 0.176. The third-order valence-corrected chi connectivity index (χ3v) is 2.72. The predicted octanol–water partition coefficient (Wildman–Crippen LogP) is 2.76. The van der Waals surface area contributed by atoms with Crippen molar-refractivity contribution in [1.29, 1.82) is 0 Å². The highest BCUT2D eigenvalue weighted by atomic mass is 19.1. The molecule has 108 valence electrons. The summed E-state index contributed by atoms with van der Waals surface area (Å²) < 4.78 is 24.2. The van der Waals surface area contributed by atoms with Crippen LogP contribution < -0.4 is 9.47 Å². The highest BCUT2D eigenvalue weighted by molar-refractivity contribution is 5.38. The maximum absolute atomic E-state index is 13.5. The van der Waals surface area contributed by atoms with Crippen LogP contribution in [0.15, 0.2) is 42.5 Å². The van der Waals surface area contributed by atoms with E-state index in [4.69, 9.17) is 14.6 Å². The highest BCUT2D eigenvalue weighted by Gasteiger charge is 2.02. The second-order valence-electron chi connectivity index (χ2n) is 4.28. The Morgan fingerprint density at radius 1 is 1.14 bits per heavy atom. The lowest BCUT2D eigenvalue weighted by atomic mass is 10.1. The largest absolute Gasteiger partial charge is 0.497 e. The minimum atomic E-state index is -0.385. The zero-order valence-electron chi connectivity index (χ0n) is 11.6. The standard InChI is InChI=1S/C17H15FO3/c1-20-16-5-2-6-17(11-16)21-12-14-8-13(4-3-7-19)9-15(18)10-14/h2,5-6,8-11,19H,7,12H2,1H3. The zero-order valence-corrected chi connectivity index (χ0v) is 11.6. The maximum Gasteiger partial charge on any atom is 0.124 e. The van der Waals surface area contributed by atoms with Gasteiger partial charge < -0.3 is 14.6 Å². The van der Waals surface area contributed by atoms with Crippen LogP contribution in [0.25, 0.3) is 0 Å². The van der Waals surface area contributed by atoms with E-state index in [1.807, 2.05) is 12.1 Å². The monoisotopic (exact) mass is 286 g/mol. The van der Waals surface area contributed by atoms with Gasteiger partial charge in [0.05, 0.1) is 7.11 Å². The summed E-state index contributed by atoms with van der Waals surface area (Å²) in [5.41, 5.74) is 1.17. The summed E-state index contributed by atoms with van der Waals surface area (Å²) in [5, 5.41) is 8.66. The maximum atomic E-state index is 13.5. The summed E-state index contributed by atoms with van der Waals surface area (Å²) in [4.78, 5) is 0. The van der Waals surface area contributed by atoms with Crippen molar-refractivity contribution in [2.45, 2.75) is 6.61 Å². The molecule has 0 aromatic heterocycles. The molecule has 0 unspecified atom stereocenters. The SMILES string of the molecule is COc1cccc(OCc2cc(F)cc(C#CCO)c2)c1. The van der Waals surface area contributed by atoms with E-state index in [2.05, 4.69) is 11.8 Å². The van der Waals surface area contributed by atoms with Crippen LogP contribution in [0.1, 0.15) is 11.1 Å². The van der Waals surface area contributed by atoms with Crippen LogP contribution in [0.4, 0.5) is 4.39 Å². The molecule has 21 heavy (non-hydrogen) atoms. The van der Waals surface area contributed by atoms with E-state index in [1.54, 1.807) is 25.3 Å². The Hall–Kier alpha value is -2.51. The summed E-state index contributed by atoms with van der Waals surface area (Å²) >= 11 is 0. The molecule has 0 aliphatic carbocycles. The highest BCUT2D eigenvalue weighted by Crippen LogP contribution is 2.20. The number of aliphatic hydroxyl groups is 1. The Balaban J connectivity index is 2.10. The first-order valence-corrected chi connectivity index (χ1v) is 6.37. The predicted molar refractivity (Wildman–Crippen MR) is 77.7 cm³/mol. The summed E-state index contributed by atoms with van der Waals surface area (Å²) in [5.74, 6) is 6.12. The minimum Gasteiger partial charge on any atom is -0.497 e. The number of benzene rings is 2. The van der Waals surface area contributed by atoms with Crippen LogP contribution in [-0.4, -0.2) is 18.8 Å². The number of halogens is 1. The first-order valence-electron chi connectivity index (χ1n) is 6.37. The van der Waals surface area contributed by atoms with Crippen LogP contribution in [0.2, 0.25) is 0 Å². The summed E-state index contributed by atoms with van der Waals surface area (Å²) in [6.07, 6.45) is 0. The zero-order chi connectivity index (χ0) is 15.1. The molecule has 2 aromatic rings. The Bertz CT molecular complexity index is 671. The van der Waals surface area contributed by atoms with E-state index < -0.39 is 0 Å². The molecule has 4 heteroatoms. The van der Waals surface area contributed by atoms with Crippen molar-refractivity contribution in [2.75, 3.05) is 13.7 Å². The minimum absolute atomic E-state index is 0.221. The Morgan fingerprint density at radius 3 is 2.71 bits per heavy atom. The van der Waals surface area contributed by atoms with Crippen molar-refractivity contribution >= 4 is 0 Å². The third kappa shape index (κ3) is 4.51. The topological polar surface area (TPSA) is 38.7 Å². The molecule has 0 aliphatic rings. The molecule has 0 heterocycles. The van der Waals surface area contributed by atoms with Gasteiger partial charge in [0.2, 0.25) is 0 Å². The van der Waals surface area contributed by atoms with Gasteiger partial charge in [0.15, 0.2) is 0 Å². The smallest absolute Gasteiger partial charge is 0.124 e. The van der Waals surface area contributed by atoms with Gasteiger partial charge in [0.1, 0.15) is 30.5 Å². The molecule has 0 atom stereocenters. The fourth-order valence-corrected chi connectivity index (χ4v) is 1.81. The van der Waals surface area contributed by atoms with E-state index in [0.29, 0.717) is 22.6 Å². The van der Waals surface area contributed by atoms with Crippen molar-refractivity contribution in [3.63, 3.8) is 0 Å². The molecule has 0 fully saturated rings. The second-order valence-corrected chi connectivity index (χ2v) is 4.28. The number of aliphatic hydroxyl groups excluding tert-OH is 1. The number of rotatable bonds is 4. The molecule has 3 nitrogen and oxygen atoms in total. The van der Waals surface area contributed by atoms with Gasteiger partial charge in [-0.1, -0.05) is 17.9 Å². The van der Waals surface area contributed by atoms with Crippen LogP contribution >= 0.6 is 0 Å². The summed E-state index contributed by atoms with van der Waals surface area (Å²) in [6.45, 7) is -0.0368. The molecule has 0 spiro atoms. The average molecular weight is 286 g/mol. The number of methoxy groups -OCH3 is 1.